The Kier molecular flexibility index (Phi) is 7.05. The number of nitrogens with one attached hydrogen (secondary N) is 2. The van der Waals surface area contributed by atoms with Gasteiger partial charge in [0.25, 0.3) is 0 Å². The summed E-state index contributed by atoms with van der Waals surface area (Å²) in [4.78, 5) is 13.4. The van der Waals surface area contributed by atoms with Crippen molar-refractivity contribution in [3.63, 3.8) is 0 Å². The third-order valence-electron chi connectivity index (χ3n) is 4.00. The fourth-order valence-corrected chi connectivity index (χ4v) is 3.52. The summed E-state index contributed by atoms with van der Waals surface area (Å²) in [7, 11) is 5.84. The van der Waals surface area contributed by atoms with Crippen LogP contribution in [-0.4, -0.2) is 62.7 Å². The molecule has 2 N–H and O–H groups in total. The molecule has 1 aliphatic rings. The highest BCUT2D eigenvalue weighted by Gasteiger charge is 2.19. The summed E-state index contributed by atoms with van der Waals surface area (Å²) >= 11 is 1.66. The molecule has 134 valence electrons. The number of aromatic nitrogens is 1. The van der Waals surface area contributed by atoms with Crippen LogP contribution in [-0.2, 0) is 6.54 Å². The molecule has 6 nitrogen and oxygen atoms in total. The van der Waals surface area contributed by atoms with Crippen molar-refractivity contribution in [1.82, 2.24) is 20.5 Å². The molecular weight excluding hydrogens is 320 g/mol. The molecule has 24 heavy (non-hydrogen) atoms. The zero-order valence-electron chi connectivity index (χ0n) is 15.3. The molecule has 1 aromatic rings. The first-order valence-corrected chi connectivity index (χ1v) is 9.31. The lowest BCUT2D eigenvalue weighted by Crippen LogP contribution is -2.48. The zero-order chi connectivity index (χ0) is 17.5. The Labute approximate surface area is 149 Å². The van der Waals surface area contributed by atoms with Crippen LogP contribution in [0.15, 0.2) is 22.5 Å². The molecule has 7 heteroatoms. The Morgan fingerprint density at radius 3 is 2.71 bits per heavy atom. The smallest absolute Gasteiger partial charge is 0.191 e. The van der Waals surface area contributed by atoms with E-state index in [1.807, 2.05) is 26.0 Å². The van der Waals surface area contributed by atoms with E-state index in [0.717, 1.165) is 49.3 Å². The number of hydrogen-bond donors (Lipinski definition) is 2. The predicted molar refractivity (Wildman–Crippen MR) is 104 cm³/mol. The second kappa shape index (κ2) is 9.03. The number of guanidine groups is 1. The maximum atomic E-state index is 4.58. The molecule has 0 spiro atoms. The van der Waals surface area contributed by atoms with Crippen molar-refractivity contribution in [2.75, 3.05) is 45.7 Å². The van der Waals surface area contributed by atoms with Gasteiger partial charge in [-0.2, -0.15) is 0 Å². The number of thiazole rings is 1. The highest BCUT2D eigenvalue weighted by atomic mass is 32.1. The van der Waals surface area contributed by atoms with Gasteiger partial charge in [-0.05, 0) is 19.8 Å². The number of piperidine rings is 1. The van der Waals surface area contributed by atoms with E-state index >= 15 is 0 Å². The summed E-state index contributed by atoms with van der Waals surface area (Å²) in [6.07, 6.45) is 2.27. The van der Waals surface area contributed by atoms with Gasteiger partial charge in [-0.1, -0.05) is 12.2 Å². The lowest BCUT2D eigenvalue weighted by molar-refractivity contribution is 0.221. The molecule has 0 saturated carbocycles. The Bertz CT molecular complexity index is 557. The van der Waals surface area contributed by atoms with Crippen molar-refractivity contribution in [2.45, 2.75) is 32.4 Å². The molecule has 1 saturated heterocycles. The highest BCUT2D eigenvalue weighted by molar-refractivity contribution is 7.13. The van der Waals surface area contributed by atoms with Gasteiger partial charge in [0.05, 0.1) is 12.2 Å². The fourth-order valence-electron chi connectivity index (χ4n) is 2.76. The molecule has 0 amide bonds. The van der Waals surface area contributed by atoms with Gasteiger partial charge in [0, 0.05) is 52.2 Å². The van der Waals surface area contributed by atoms with Crippen LogP contribution >= 0.6 is 11.3 Å². The SMILES string of the molecule is C=C(C)CN1CCC(NC(=NC)NCc2csc(N(C)C)n2)CC1. The monoisotopic (exact) mass is 350 g/mol. The van der Waals surface area contributed by atoms with Gasteiger partial charge in [0.15, 0.2) is 11.1 Å². The van der Waals surface area contributed by atoms with Crippen molar-refractivity contribution in [3.8, 4) is 0 Å². The van der Waals surface area contributed by atoms with Crippen LogP contribution in [0.2, 0.25) is 0 Å². The van der Waals surface area contributed by atoms with Crippen molar-refractivity contribution in [1.29, 1.82) is 0 Å². The maximum absolute atomic E-state index is 4.58. The van der Waals surface area contributed by atoms with E-state index in [4.69, 9.17) is 0 Å². The maximum Gasteiger partial charge on any atom is 0.191 e. The van der Waals surface area contributed by atoms with Gasteiger partial charge < -0.3 is 15.5 Å². The van der Waals surface area contributed by atoms with Crippen molar-refractivity contribution >= 4 is 22.4 Å². The number of likely N-dealkylation sites (tertiary alicyclic amines) is 1. The summed E-state index contributed by atoms with van der Waals surface area (Å²) in [5, 5.41) is 10.0. The van der Waals surface area contributed by atoms with Gasteiger partial charge in [-0.15, -0.1) is 11.3 Å². The topological polar surface area (TPSA) is 55.8 Å². The van der Waals surface area contributed by atoms with Gasteiger partial charge in [0.2, 0.25) is 0 Å². The molecule has 0 unspecified atom stereocenters. The first-order chi connectivity index (χ1) is 11.5. The van der Waals surface area contributed by atoms with Crippen LogP contribution in [0.3, 0.4) is 0 Å². The summed E-state index contributed by atoms with van der Waals surface area (Å²) in [5.74, 6) is 0.854. The summed E-state index contributed by atoms with van der Waals surface area (Å²) in [5.41, 5.74) is 2.28. The molecular formula is C17H30N6S. The molecule has 1 aromatic heterocycles. The van der Waals surface area contributed by atoms with E-state index in [9.17, 15) is 0 Å². The first-order valence-electron chi connectivity index (χ1n) is 8.43. The standard InChI is InChI=1S/C17H30N6S/c1-13(2)11-23-8-6-14(7-9-23)20-16(18-3)19-10-15-12-24-17(21-15)22(4)5/h12,14H,1,6-11H2,2-5H3,(H2,18,19,20). The van der Waals surface area contributed by atoms with Gasteiger partial charge in [0.1, 0.15) is 0 Å². The Morgan fingerprint density at radius 2 is 2.17 bits per heavy atom. The highest BCUT2D eigenvalue weighted by Crippen LogP contribution is 2.17. The minimum Gasteiger partial charge on any atom is -0.354 e. The summed E-state index contributed by atoms with van der Waals surface area (Å²) < 4.78 is 0. The number of aliphatic imine (C=N–C) groups is 1. The fraction of sp³-hybridized carbons (Fsp3) is 0.647. The Morgan fingerprint density at radius 1 is 1.46 bits per heavy atom. The van der Waals surface area contributed by atoms with Gasteiger partial charge in [-0.3, -0.25) is 9.89 Å². The van der Waals surface area contributed by atoms with Crippen LogP contribution in [0.25, 0.3) is 0 Å². The lowest BCUT2D eigenvalue weighted by Gasteiger charge is -2.33. The number of rotatable bonds is 6. The molecule has 1 fully saturated rings. The first kappa shape index (κ1) is 18.7. The molecule has 0 aromatic carbocycles. The van der Waals surface area contributed by atoms with E-state index in [0.29, 0.717) is 12.6 Å². The van der Waals surface area contributed by atoms with Crippen LogP contribution < -0.4 is 15.5 Å². The molecule has 0 radical (unpaired) electrons. The molecule has 0 bridgehead atoms. The normalized spacial score (nSPS) is 16.9. The minimum atomic E-state index is 0.477. The van der Waals surface area contributed by atoms with E-state index in [2.05, 4.69) is 44.4 Å². The van der Waals surface area contributed by atoms with E-state index in [1.54, 1.807) is 11.3 Å². The van der Waals surface area contributed by atoms with Crippen LogP contribution in [0, 0.1) is 0 Å². The van der Waals surface area contributed by atoms with E-state index in [1.165, 1.54) is 5.57 Å². The van der Waals surface area contributed by atoms with Gasteiger partial charge >= 0.3 is 0 Å². The van der Waals surface area contributed by atoms with Crippen molar-refractivity contribution < 1.29 is 0 Å². The van der Waals surface area contributed by atoms with Crippen molar-refractivity contribution in [3.05, 3.63) is 23.2 Å². The van der Waals surface area contributed by atoms with Gasteiger partial charge in [-0.25, -0.2) is 4.98 Å². The average molecular weight is 351 g/mol. The third kappa shape index (κ3) is 5.79. The number of anilines is 1. The van der Waals surface area contributed by atoms with Crippen LogP contribution in [0.1, 0.15) is 25.5 Å². The van der Waals surface area contributed by atoms with Crippen LogP contribution in [0.4, 0.5) is 5.13 Å². The van der Waals surface area contributed by atoms with Crippen LogP contribution in [0.5, 0.6) is 0 Å². The number of nitrogens with zero attached hydrogens (tertiary/aromatic N) is 4. The third-order valence-corrected chi connectivity index (χ3v) is 5.06. The Hall–Kier alpha value is -1.60. The molecule has 2 rings (SSSR count). The summed E-state index contributed by atoms with van der Waals surface area (Å²) in [6.45, 7) is 10.0. The molecule has 0 aliphatic carbocycles. The van der Waals surface area contributed by atoms with E-state index in [-0.39, 0.29) is 0 Å². The average Bonchev–Trinajstić information content (AvgIpc) is 3.02. The second-order valence-electron chi connectivity index (χ2n) is 6.59. The molecule has 2 heterocycles. The Balaban J connectivity index is 1.75. The summed E-state index contributed by atoms with van der Waals surface area (Å²) in [6, 6.07) is 0.477. The minimum absolute atomic E-state index is 0.477. The zero-order valence-corrected chi connectivity index (χ0v) is 16.1. The largest absolute Gasteiger partial charge is 0.354 e. The van der Waals surface area contributed by atoms with E-state index < -0.39 is 0 Å². The molecule has 0 atom stereocenters. The quantitative estimate of drug-likeness (QED) is 0.466. The van der Waals surface area contributed by atoms with Crippen molar-refractivity contribution in [2.24, 2.45) is 4.99 Å². The lowest BCUT2D eigenvalue weighted by atomic mass is 10.0. The number of hydrogen-bond acceptors (Lipinski definition) is 5. The molecule has 1 aliphatic heterocycles. The second-order valence-corrected chi connectivity index (χ2v) is 7.43. The predicted octanol–water partition coefficient (Wildman–Crippen LogP) is 1.91.